The summed E-state index contributed by atoms with van der Waals surface area (Å²) >= 11 is 0. The van der Waals surface area contributed by atoms with Crippen molar-refractivity contribution in [3.05, 3.63) is 63.7 Å². The Bertz CT molecular complexity index is 1170. The standard InChI is InChI=1S/C26H32FN3O5/c1-6-29(7-2)13-10-14-30-22(17-11-8-9-12-18(17)27)20(24(32)25(30)33)23(31)19-15(3)21(26(34)35-5)28-16(19)4/h8-9,11-12,22,28,31H,6-7,10,13-14H2,1-5H3. The van der Waals surface area contributed by atoms with E-state index in [1.54, 1.807) is 19.9 Å². The number of hydrogen-bond donors (Lipinski definition) is 2. The predicted octanol–water partition coefficient (Wildman–Crippen LogP) is 1.10. The first-order chi connectivity index (χ1) is 16.7. The van der Waals surface area contributed by atoms with Crippen molar-refractivity contribution in [2.24, 2.45) is 0 Å². The topological polar surface area (TPSA) is 107 Å². The third-order valence-corrected chi connectivity index (χ3v) is 6.71. The SMILES string of the molecule is CC[NH+](CC)CCCN1C(=O)C(=O)C(=C([O-])c2c(C)[nH]c(C(=O)OC)c2C)C1c1ccccc1F. The van der Waals surface area contributed by atoms with E-state index in [0.717, 1.165) is 19.6 Å². The molecule has 1 saturated heterocycles. The van der Waals surface area contributed by atoms with Gasteiger partial charge in [0.1, 0.15) is 11.5 Å². The number of esters is 1. The monoisotopic (exact) mass is 485 g/mol. The number of aromatic amines is 1. The molecule has 0 saturated carbocycles. The molecule has 9 heteroatoms. The molecule has 1 atom stereocenters. The Balaban J connectivity index is 2.14. The number of Topliss-reactive ketones (excluding diaryl/α,β-unsaturated/α-hetero) is 1. The number of ketones is 1. The van der Waals surface area contributed by atoms with E-state index in [0.29, 0.717) is 17.7 Å². The highest BCUT2D eigenvalue weighted by atomic mass is 19.1. The van der Waals surface area contributed by atoms with Crippen LogP contribution in [-0.2, 0) is 14.3 Å². The molecule has 1 aromatic carbocycles. The number of halogens is 1. The van der Waals surface area contributed by atoms with Crippen molar-refractivity contribution < 1.29 is 33.5 Å². The molecule has 1 unspecified atom stereocenters. The number of carbonyl (C=O) groups excluding carboxylic acids is 3. The molecule has 35 heavy (non-hydrogen) atoms. The van der Waals surface area contributed by atoms with Gasteiger partial charge in [-0.25, -0.2) is 9.18 Å². The summed E-state index contributed by atoms with van der Waals surface area (Å²) in [6.07, 6.45) is 0.594. The third-order valence-electron chi connectivity index (χ3n) is 6.71. The zero-order chi connectivity index (χ0) is 25.9. The molecule has 0 aliphatic carbocycles. The van der Waals surface area contributed by atoms with Gasteiger partial charge in [0.25, 0.3) is 5.91 Å². The number of quaternary nitrogens is 1. The minimum Gasteiger partial charge on any atom is -0.872 e. The van der Waals surface area contributed by atoms with Gasteiger partial charge in [-0.15, -0.1) is 0 Å². The van der Waals surface area contributed by atoms with Crippen molar-refractivity contribution in [1.82, 2.24) is 9.88 Å². The quantitative estimate of drug-likeness (QED) is 0.239. The lowest BCUT2D eigenvalue weighted by molar-refractivity contribution is -0.896. The number of ether oxygens (including phenoxy) is 1. The molecule has 8 nitrogen and oxygen atoms in total. The number of H-pyrrole nitrogens is 1. The van der Waals surface area contributed by atoms with Crippen LogP contribution in [0.25, 0.3) is 5.76 Å². The van der Waals surface area contributed by atoms with E-state index < -0.39 is 35.3 Å². The number of aryl methyl sites for hydroxylation is 1. The van der Waals surface area contributed by atoms with Gasteiger partial charge >= 0.3 is 5.97 Å². The Labute approximate surface area is 204 Å². The lowest BCUT2D eigenvalue weighted by Crippen LogP contribution is -3.11. The van der Waals surface area contributed by atoms with Gasteiger partial charge in [0.15, 0.2) is 0 Å². The van der Waals surface area contributed by atoms with Gasteiger partial charge < -0.3 is 24.6 Å². The van der Waals surface area contributed by atoms with Gasteiger partial charge in [-0.3, -0.25) is 9.59 Å². The number of rotatable bonds is 9. The summed E-state index contributed by atoms with van der Waals surface area (Å²) in [7, 11) is 1.22. The minimum absolute atomic E-state index is 0.0873. The number of likely N-dealkylation sites (tertiary alicyclic amines) is 1. The normalized spacial score (nSPS) is 17.5. The number of benzene rings is 1. The molecule has 3 rings (SSSR count). The molecule has 1 amide bonds. The van der Waals surface area contributed by atoms with Crippen molar-refractivity contribution in [1.29, 1.82) is 0 Å². The number of aromatic nitrogens is 1. The Morgan fingerprint density at radius 3 is 2.46 bits per heavy atom. The molecule has 1 aromatic heterocycles. The van der Waals surface area contributed by atoms with Crippen LogP contribution in [-0.4, -0.2) is 60.8 Å². The smallest absolute Gasteiger partial charge is 0.354 e. The van der Waals surface area contributed by atoms with Crippen LogP contribution in [0.2, 0.25) is 0 Å². The van der Waals surface area contributed by atoms with Gasteiger partial charge in [-0.2, -0.15) is 0 Å². The van der Waals surface area contributed by atoms with E-state index in [9.17, 15) is 23.9 Å². The molecule has 2 N–H and O–H groups in total. The van der Waals surface area contributed by atoms with Gasteiger partial charge in [0.2, 0.25) is 5.78 Å². The molecule has 2 aromatic rings. The molecule has 0 radical (unpaired) electrons. The number of carbonyl (C=O) groups is 3. The number of methoxy groups -OCH3 is 1. The second kappa shape index (κ2) is 10.9. The van der Waals surface area contributed by atoms with Gasteiger partial charge in [0, 0.05) is 29.8 Å². The van der Waals surface area contributed by atoms with E-state index in [1.165, 1.54) is 35.1 Å². The fourth-order valence-electron chi connectivity index (χ4n) is 4.76. The van der Waals surface area contributed by atoms with E-state index in [2.05, 4.69) is 18.8 Å². The second-order valence-corrected chi connectivity index (χ2v) is 8.67. The van der Waals surface area contributed by atoms with Crippen molar-refractivity contribution >= 4 is 23.4 Å². The number of nitrogens with zero attached hydrogens (tertiary/aromatic N) is 1. The first kappa shape index (κ1) is 26.2. The first-order valence-corrected chi connectivity index (χ1v) is 11.8. The summed E-state index contributed by atoms with van der Waals surface area (Å²) in [4.78, 5) is 43.8. The van der Waals surface area contributed by atoms with E-state index in [4.69, 9.17) is 4.74 Å². The Hall–Kier alpha value is -3.46. The molecular weight excluding hydrogens is 453 g/mol. The highest BCUT2D eigenvalue weighted by Crippen LogP contribution is 2.40. The molecule has 1 aliphatic heterocycles. The largest absolute Gasteiger partial charge is 0.872 e. The Kier molecular flexibility index (Phi) is 8.11. The second-order valence-electron chi connectivity index (χ2n) is 8.67. The van der Waals surface area contributed by atoms with Gasteiger partial charge in [-0.05, 0) is 44.9 Å². The summed E-state index contributed by atoms with van der Waals surface area (Å²) in [5.41, 5.74) is 0.644. The summed E-state index contributed by atoms with van der Waals surface area (Å²) in [6, 6.07) is 4.69. The highest BCUT2D eigenvalue weighted by Gasteiger charge is 2.45. The van der Waals surface area contributed by atoms with Crippen molar-refractivity contribution in [2.45, 2.75) is 40.2 Å². The molecule has 188 valence electrons. The van der Waals surface area contributed by atoms with Crippen LogP contribution >= 0.6 is 0 Å². The zero-order valence-corrected chi connectivity index (χ0v) is 20.8. The predicted molar refractivity (Wildman–Crippen MR) is 126 cm³/mol. The van der Waals surface area contributed by atoms with Crippen LogP contribution in [0, 0.1) is 19.7 Å². The maximum atomic E-state index is 14.9. The Morgan fingerprint density at radius 1 is 1.20 bits per heavy atom. The molecule has 1 aliphatic rings. The van der Waals surface area contributed by atoms with Gasteiger partial charge in [0.05, 0.1) is 32.8 Å². The molecular formula is C26H32FN3O5. The van der Waals surface area contributed by atoms with Crippen LogP contribution in [0.5, 0.6) is 0 Å². The fraction of sp³-hybridized carbons (Fsp3) is 0.423. The average Bonchev–Trinajstić information content (AvgIpc) is 3.28. The third kappa shape index (κ3) is 4.86. The highest BCUT2D eigenvalue weighted by molar-refractivity contribution is 6.46. The Morgan fingerprint density at radius 2 is 1.86 bits per heavy atom. The zero-order valence-electron chi connectivity index (χ0n) is 20.8. The molecule has 2 heterocycles. The minimum atomic E-state index is -1.15. The molecule has 1 fully saturated rings. The summed E-state index contributed by atoms with van der Waals surface area (Å²) in [5.74, 6) is -3.74. The summed E-state index contributed by atoms with van der Waals surface area (Å²) in [6.45, 7) is 10.1. The van der Waals surface area contributed by atoms with Crippen LogP contribution in [0.3, 0.4) is 0 Å². The van der Waals surface area contributed by atoms with Gasteiger partial charge in [-0.1, -0.05) is 24.0 Å². The maximum absolute atomic E-state index is 14.9. The molecule has 0 bridgehead atoms. The number of nitrogens with one attached hydrogen (secondary N) is 2. The van der Waals surface area contributed by atoms with E-state index in [1.807, 2.05) is 0 Å². The van der Waals surface area contributed by atoms with Crippen LogP contribution in [0.1, 0.15) is 59.2 Å². The van der Waals surface area contributed by atoms with E-state index in [-0.39, 0.29) is 28.9 Å². The first-order valence-electron chi connectivity index (χ1n) is 11.8. The van der Waals surface area contributed by atoms with Crippen LogP contribution in [0.15, 0.2) is 29.8 Å². The van der Waals surface area contributed by atoms with Crippen molar-refractivity contribution in [3.8, 4) is 0 Å². The maximum Gasteiger partial charge on any atom is 0.354 e. The number of hydrogen-bond acceptors (Lipinski definition) is 5. The van der Waals surface area contributed by atoms with Crippen LogP contribution < -0.4 is 10.0 Å². The fourth-order valence-corrected chi connectivity index (χ4v) is 4.76. The van der Waals surface area contributed by atoms with Crippen molar-refractivity contribution in [2.75, 3.05) is 33.3 Å². The van der Waals surface area contributed by atoms with E-state index >= 15 is 0 Å². The van der Waals surface area contributed by atoms with Crippen LogP contribution in [0.4, 0.5) is 4.39 Å². The summed E-state index contributed by atoms with van der Waals surface area (Å²) in [5, 5.41) is 13.7. The lowest BCUT2D eigenvalue weighted by atomic mass is 9.93. The molecule has 0 spiro atoms. The summed E-state index contributed by atoms with van der Waals surface area (Å²) < 4.78 is 19.7. The van der Waals surface area contributed by atoms with Crippen molar-refractivity contribution in [3.63, 3.8) is 0 Å². The number of amides is 1. The average molecular weight is 486 g/mol. The lowest BCUT2D eigenvalue weighted by Gasteiger charge is -2.28.